The maximum absolute atomic E-state index is 12.2. The standard InChI is InChI=1S/C18H22N2O2.C13H14N2/c1-17(2,3)22-16(21)20-10-9-14-15(11-20)18(14,12-19)13-7-5-4-6-8-13;14-9-13(10-4-2-1-3-5-10)11-6-7-15-8-12(11)13/h4-8,14-15H,9-11H2,1-3H3;1-5,11-12,15H,6-8H2. The maximum Gasteiger partial charge on any atom is 0.410 e. The van der Waals surface area contributed by atoms with Crippen molar-refractivity contribution >= 4 is 6.09 Å². The minimum atomic E-state index is -0.483. The van der Waals surface area contributed by atoms with Crippen LogP contribution in [0.1, 0.15) is 44.7 Å². The summed E-state index contributed by atoms with van der Waals surface area (Å²) in [4.78, 5) is 14.0. The van der Waals surface area contributed by atoms with Crippen molar-refractivity contribution in [1.29, 1.82) is 10.5 Å². The highest BCUT2D eigenvalue weighted by Crippen LogP contribution is 2.63. The average Bonchev–Trinajstić information content (AvgIpc) is 3.79. The Morgan fingerprint density at radius 3 is 1.92 bits per heavy atom. The smallest absolute Gasteiger partial charge is 0.410 e. The third-order valence-corrected chi connectivity index (χ3v) is 8.74. The van der Waals surface area contributed by atoms with Gasteiger partial charge in [0.1, 0.15) is 5.60 Å². The van der Waals surface area contributed by atoms with Crippen molar-refractivity contribution in [2.24, 2.45) is 23.7 Å². The summed E-state index contributed by atoms with van der Waals surface area (Å²) in [5, 5.41) is 22.6. The van der Waals surface area contributed by atoms with Crippen LogP contribution < -0.4 is 5.32 Å². The van der Waals surface area contributed by atoms with Gasteiger partial charge in [-0.1, -0.05) is 60.7 Å². The summed E-state index contributed by atoms with van der Waals surface area (Å²) in [5.41, 5.74) is 1.22. The Bertz CT molecular complexity index is 1200. The molecule has 2 saturated heterocycles. The number of nitrogens with zero attached hydrogens (tertiary/aromatic N) is 3. The van der Waals surface area contributed by atoms with Crippen LogP contribution in [-0.2, 0) is 15.6 Å². The first-order valence-corrected chi connectivity index (χ1v) is 13.4. The number of hydrogen-bond acceptors (Lipinski definition) is 5. The van der Waals surface area contributed by atoms with Gasteiger partial charge in [-0.15, -0.1) is 0 Å². The molecule has 6 nitrogen and oxygen atoms in total. The number of nitrogens with one attached hydrogen (secondary N) is 1. The van der Waals surface area contributed by atoms with Gasteiger partial charge in [-0.3, -0.25) is 0 Å². The number of likely N-dealkylation sites (tertiary alicyclic amines) is 1. The van der Waals surface area contributed by atoms with Crippen LogP contribution in [0.25, 0.3) is 0 Å². The Morgan fingerprint density at radius 2 is 1.43 bits per heavy atom. The van der Waals surface area contributed by atoms with Gasteiger partial charge in [0.15, 0.2) is 0 Å². The highest BCUT2D eigenvalue weighted by molar-refractivity contribution is 5.69. The minimum Gasteiger partial charge on any atom is -0.444 e. The molecular weight excluding hydrogens is 460 g/mol. The van der Waals surface area contributed by atoms with E-state index in [0.29, 0.717) is 30.8 Å². The summed E-state index contributed by atoms with van der Waals surface area (Å²) in [6.07, 6.45) is 1.75. The number of hydrogen-bond donors (Lipinski definition) is 1. The lowest BCUT2D eigenvalue weighted by Crippen LogP contribution is -2.40. The van der Waals surface area contributed by atoms with Gasteiger partial charge in [-0.25, -0.2) is 4.79 Å². The first kappa shape index (κ1) is 25.3. The number of ether oxygens (including phenoxy) is 1. The third-order valence-electron chi connectivity index (χ3n) is 8.74. The molecule has 0 radical (unpaired) electrons. The van der Waals surface area contributed by atoms with Crippen LogP contribution in [0.5, 0.6) is 0 Å². The fourth-order valence-electron chi connectivity index (χ4n) is 6.89. The molecule has 2 aromatic rings. The second-order valence-corrected chi connectivity index (χ2v) is 11.8. The predicted octanol–water partition coefficient (Wildman–Crippen LogP) is 5.02. The molecule has 4 fully saturated rings. The Morgan fingerprint density at radius 1 is 0.892 bits per heavy atom. The molecule has 6 heteroatoms. The van der Waals surface area contributed by atoms with Crippen molar-refractivity contribution in [1.82, 2.24) is 10.2 Å². The van der Waals surface area contributed by atoms with E-state index >= 15 is 0 Å². The van der Waals surface area contributed by atoms with E-state index in [4.69, 9.17) is 4.74 Å². The van der Waals surface area contributed by atoms with Gasteiger partial charge < -0.3 is 15.0 Å². The van der Waals surface area contributed by atoms with Gasteiger partial charge >= 0.3 is 6.09 Å². The fraction of sp³-hybridized carbons (Fsp3) is 0.516. The molecule has 2 aliphatic heterocycles. The Kier molecular flexibility index (Phi) is 6.50. The predicted molar refractivity (Wildman–Crippen MR) is 141 cm³/mol. The van der Waals surface area contributed by atoms with E-state index in [1.165, 1.54) is 5.56 Å². The van der Waals surface area contributed by atoms with Crippen molar-refractivity contribution < 1.29 is 9.53 Å². The fourth-order valence-corrected chi connectivity index (χ4v) is 6.89. The van der Waals surface area contributed by atoms with E-state index < -0.39 is 11.0 Å². The highest BCUT2D eigenvalue weighted by atomic mass is 16.6. The van der Waals surface area contributed by atoms with E-state index in [2.05, 4.69) is 29.6 Å². The normalized spacial score (nSPS) is 33.3. The lowest BCUT2D eigenvalue weighted by molar-refractivity contribution is 0.0207. The molecule has 4 aliphatic rings. The number of carbonyl (C=O) groups excluding carboxylic acids is 1. The second-order valence-electron chi connectivity index (χ2n) is 11.8. The molecule has 6 rings (SSSR count). The summed E-state index contributed by atoms with van der Waals surface area (Å²) >= 11 is 0. The molecule has 2 saturated carbocycles. The third kappa shape index (κ3) is 4.38. The zero-order valence-corrected chi connectivity index (χ0v) is 22.0. The van der Waals surface area contributed by atoms with Crippen molar-refractivity contribution in [3.63, 3.8) is 0 Å². The quantitative estimate of drug-likeness (QED) is 0.630. The number of fused-ring (bicyclic) bond motifs is 2. The summed E-state index contributed by atoms with van der Waals surface area (Å²) in [6.45, 7) is 8.98. The van der Waals surface area contributed by atoms with Crippen molar-refractivity contribution in [3.8, 4) is 12.1 Å². The van der Waals surface area contributed by atoms with E-state index in [9.17, 15) is 15.3 Å². The summed E-state index contributed by atoms with van der Waals surface area (Å²) in [7, 11) is 0. The SMILES string of the molecule is CC(C)(C)OC(=O)N1CCC2C(C1)C2(C#N)c1ccccc1.N#CC1(c2ccccc2)C2CCNCC21. The molecule has 2 heterocycles. The zero-order valence-electron chi connectivity index (χ0n) is 22.0. The second kappa shape index (κ2) is 9.51. The highest BCUT2D eigenvalue weighted by Gasteiger charge is 2.68. The van der Waals surface area contributed by atoms with Crippen molar-refractivity contribution in [2.75, 3.05) is 26.2 Å². The number of carbonyl (C=O) groups is 1. The minimum absolute atomic E-state index is 0.176. The monoisotopic (exact) mass is 496 g/mol. The molecule has 1 amide bonds. The first-order valence-electron chi connectivity index (χ1n) is 13.4. The molecule has 2 aromatic carbocycles. The molecule has 6 unspecified atom stereocenters. The van der Waals surface area contributed by atoms with Crippen LogP contribution in [0.15, 0.2) is 60.7 Å². The topological polar surface area (TPSA) is 89.2 Å². The van der Waals surface area contributed by atoms with Crippen molar-refractivity contribution in [3.05, 3.63) is 71.8 Å². The van der Waals surface area contributed by atoms with Crippen LogP contribution in [0, 0.1) is 46.3 Å². The molecule has 37 heavy (non-hydrogen) atoms. The number of nitriles is 2. The van der Waals surface area contributed by atoms with E-state index in [1.807, 2.05) is 69.3 Å². The summed E-state index contributed by atoms with van der Waals surface area (Å²) in [5.74, 6) is 1.71. The lowest BCUT2D eigenvalue weighted by Gasteiger charge is -2.29. The van der Waals surface area contributed by atoms with Crippen LogP contribution >= 0.6 is 0 Å². The summed E-state index contributed by atoms with van der Waals surface area (Å²) in [6, 6.07) is 25.4. The Labute approximate surface area is 220 Å². The van der Waals surface area contributed by atoms with Gasteiger partial charge in [-0.05, 0) is 69.0 Å². The molecule has 192 valence electrons. The molecule has 0 bridgehead atoms. The van der Waals surface area contributed by atoms with Crippen LogP contribution in [0.4, 0.5) is 4.79 Å². The van der Waals surface area contributed by atoms with Gasteiger partial charge in [0.05, 0.1) is 23.0 Å². The molecule has 0 spiro atoms. The van der Waals surface area contributed by atoms with Crippen LogP contribution in [0.3, 0.4) is 0 Å². The number of amides is 1. The van der Waals surface area contributed by atoms with E-state index in [-0.39, 0.29) is 17.4 Å². The van der Waals surface area contributed by atoms with Gasteiger partial charge in [0.25, 0.3) is 0 Å². The van der Waals surface area contributed by atoms with E-state index in [1.54, 1.807) is 4.90 Å². The zero-order chi connectivity index (χ0) is 26.3. The Hall–Kier alpha value is -3.35. The number of benzene rings is 2. The molecule has 6 atom stereocenters. The van der Waals surface area contributed by atoms with Gasteiger partial charge in [0.2, 0.25) is 0 Å². The molecule has 2 aliphatic carbocycles. The maximum atomic E-state index is 12.2. The van der Waals surface area contributed by atoms with Crippen LogP contribution in [0.2, 0.25) is 0 Å². The average molecular weight is 497 g/mol. The van der Waals surface area contributed by atoms with Crippen molar-refractivity contribution in [2.45, 2.75) is 50.0 Å². The summed E-state index contributed by atoms with van der Waals surface area (Å²) < 4.78 is 5.46. The molecule has 0 aromatic heterocycles. The van der Waals surface area contributed by atoms with Crippen LogP contribution in [-0.4, -0.2) is 42.8 Å². The molecule has 1 N–H and O–H groups in total. The lowest BCUT2D eigenvalue weighted by atomic mass is 9.93. The largest absolute Gasteiger partial charge is 0.444 e. The first-order chi connectivity index (χ1) is 17.8. The van der Waals surface area contributed by atoms with Gasteiger partial charge in [0, 0.05) is 25.6 Å². The Balaban J connectivity index is 0.000000162. The molecular formula is C31H36N4O2. The number of piperidine rings is 2. The van der Waals surface area contributed by atoms with Gasteiger partial charge in [-0.2, -0.15) is 10.5 Å². The number of rotatable bonds is 2. The van der Waals surface area contributed by atoms with E-state index in [0.717, 1.165) is 31.5 Å².